The van der Waals surface area contributed by atoms with Crippen LogP contribution in [0.5, 0.6) is 5.75 Å². The molecule has 0 radical (unpaired) electrons. The molecule has 2 atom stereocenters. The highest BCUT2D eigenvalue weighted by Gasteiger charge is 2.32. The summed E-state index contributed by atoms with van der Waals surface area (Å²) in [5.41, 5.74) is 2.57. The van der Waals surface area contributed by atoms with Gasteiger partial charge in [-0.15, -0.1) is 0 Å². The number of fused-ring (bicyclic) bond motifs is 1. The molecule has 1 aliphatic rings. The number of nitrogens with one attached hydrogen (secondary N) is 1. The van der Waals surface area contributed by atoms with E-state index in [0.717, 1.165) is 12.3 Å². The van der Waals surface area contributed by atoms with E-state index < -0.39 is 0 Å². The Morgan fingerprint density at radius 3 is 2.57 bits per heavy atom. The minimum Gasteiger partial charge on any atom is -0.492 e. The lowest BCUT2D eigenvalue weighted by Crippen LogP contribution is -2.47. The van der Waals surface area contributed by atoms with Gasteiger partial charge in [0.2, 0.25) is 0 Å². The summed E-state index contributed by atoms with van der Waals surface area (Å²) in [7, 11) is 4.19. The summed E-state index contributed by atoms with van der Waals surface area (Å²) in [6, 6.07) is 19.5. The van der Waals surface area contributed by atoms with E-state index in [2.05, 4.69) is 59.7 Å². The number of hydrogen-bond donors (Lipinski definition) is 1. The molecule has 1 heterocycles. The van der Waals surface area contributed by atoms with Crippen LogP contribution in [0.3, 0.4) is 0 Å². The molecule has 1 N–H and O–H groups in total. The standard InChI is InChI=1S/C18H22N2O/c1-19-18-15-10-6-7-11-17(15)21-13-16(18)20(2)12-14-8-4-3-5-9-14/h3-11,16,18-19H,12-13H2,1-2H3. The van der Waals surface area contributed by atoms with Gasteiger partial charge in [0.05, 0.1) is 12.1 Å². The molecular formula is C18H22N2O. The van der Waals surface area contributed by atoms with Crippen molar-refractivity contribution in [3.05, 3.63) is 65.7 Å². The van der Waals surface area contributed by atoms with Crippen LogP contribution in [0.1, 0.15) is 17.2 Å². The molecular weight excluding hydrogens is 260 g/mol. The Morgan fingerprint density at radius 1 is 1.10 bits per heavy atom. The van der Waals surface area contributed by atoms with Gasteiger partial charge in [-0.1, -0.05) is 48.5 Å². The van der Waals surface area contributed by atoms with Crippen molar-refractivity contribution in [3.63, 3.8) is 0 Å². The maximum atomic E-state index is 5.95. The van der Waals surface area contributed by atoms with Crippen LogP contribution in [-0.4, -0.2) is 31.6 Å². The van der Waals surface area contributed by atoms with Gasteiger partial charge in [0, 0.05) is 12.1 Å². The molecule has 110 valence electrons. The van der Waals surface area contributed by atoms with Crippen molar-refractivity contribution in [3.8, 4) is 5.75 Å². The second kappa shape index (κ2) is 6.29. The van der Waals surface area contributed by atoms with Crippen LogP contribution in [0.4, 0.5) is 0 Å². The number of rotatable bonds is 4. The molecule has 0 aromatic heterocycles. The number of para-hydroxylation sites is 1. The van der Waals surface area contributed by atoms with E-state index in [1.54, 1.807) is 0 Å². The van der Waals surface area contributed by atoms with Crippen molar-refractivity contribution in [2.75, 3.05) is 20.7 Å². The Bertz CT molecular complexity index is 585. The first-order valence-corrected chi connectivity index (χ1v) is 7.42. The van der Waals surface area contributed by atoms with Crippen molar-refractivity contribution in [1.29, 1.82) is 0 Å². The molecule has 0 saturated heterocycles. The largest absolute Gasteiger partial charge is 0.492 e. The van der Waals surface area contributed by atoms with Crippen LogP contribution in [0.2, 0.25) is 0 Å². The number of likely N-dealkylation sites (N-methyl/N-ethyl adjacent to an activating group) is 2. The van der Waals surface area contributed by atoms with Crippen LogP contribution >= 0.6 is 0 Å². The van der Waals surface area contributed by atoms with Gasteiger partial charge in [0.1, 0.15) is 12.4 Å². The SMILES string of the molecule is CNC1c2ccccc2OCC1N(C)Cc1ccccc1. The first kappa shape index (κ1) is 14.1. The highest BCUT2D eigenvalue weighted by Crippen LogP contribution is 2.33. The number of hydrogen-bond acceptors (Lipinski definition) is 3. The topological polar surface area (TPSA) is 24.5 Å². The fraction of sp³-hybridized carbons (Fsp3) is 0.333. The van der Waals surface area contributed by atoms with E-state index in [-0.39, 0.29) is 0 Å². The summed E-state index contributed by atoms with van der Waals surface area (Å²) in [5.74, 6) is 1.00. The van der Waals surface area contributed by atoms with Gasteiger partial charge >= 0.3 is 0 Å². The van der Waals surface area contributed by atoms with Crippen LogP contribution in [-0.2, 0) is 6.54 Å². The summed E-state index contributed by atoms with van der Waals surface area (Å²) in [5, 5.41) is 3.46. The molecule has 2 unspecified atom stereocenters. The Kier molecular flexibility index (Phi) is 4.23. The van der Waals surface area contributed by atoms with Gasteiger partial charge in [-0.3, -0.25) is 4.90 Å². The van der Waals surface area contributed by atoms with Crippen LogP contribution in [0, 0.1) is 0 Å². The molecule has 0 spiro atoms. The lowest BCUT2D eigenvalue weighted by molar-refractivity contribution is 0.104. The number of nitrogens with zero attached hydrogens (tertiary/aromatic N) is 1. The lowest BCUT2D eigenvalue weighted by atomic mass is 9.95. The fourth-order valence-corrected chi connectivity index (χ4v) is 3.07. The summed E-state index contributed by atoms with van der Waals surface area (Å²) >= 11 is 0. The van der Waals surface area contributed by atoms with Gasteiger partial charge in [-0.2, -0.15) is 0 Å². The summed E-state index contributed by atoms with van der Waals surface area (Å²) < 4.78 is 5.95. The highest BCUT2D eigenvalue weighted by atomic mass is 16.5. The number of ether oxygens (including phenoxy) is 1. The maximum Gasteiger partial charge on any atom is 0.124 e. The minimum absolute atomic E-state index is 0.295. The molecule has 0 saturated carbocycles. The van der Waals surface area contributed by atoms with Gasteiger partial charge in [-0.25, -0.2) is 0 Å². The summed E-state index contributed by atoms with van der Waals surface area (Å²) in [4.78, 5) is 2.37. The Balaban J connectivity index is 1.79. The highest BCUT2D eigenvalue weighted by molar-refractivity contribution is 5.38. The van der Waals surface area contributed by atoms with Crippen molar-refractivity contribution in [2.24, 2.45) is 0 Å². The Morgan fingerprint density at radius 2 is 1.81 bits per heavy atom. The maximum absolute atomic E-state index is 5.95. The average molecular weight is 282 g/mol. The van der Waals surface area contributed by atoms with Crippen molar-refractivity contribution in [1.82, 2.24) is 10.2 Å². The third-order valence-corrected chi connectivity index (χ3v) is 4.20. The molecule has 3 heteroatoms. The third kappa shape index (κ3) is 2.94. The van der Waals surface area contributed by atoms with Crippen molar-refractivity contribution < 1.29 is 4.74 Å². The minimum atomic E-state index is 0.295. The zero-order chi connectivity index (χ0) is 14.7. The Labute approximate surface area is 126 Å². The van der Waals surface area contributed by atoms with Gasteiger partial charge in [-0.05, 0) is 25.7 Å². The van der Waals surface area contributed by atoms with Crippen LogP contribution < -0.4 is 10.1 Å². The van der Waals surface area contributed by atoms with Crippen molar-refractivity contribution >= 4 is 0 Å². The van der Waals surface area contributed by atoms with Gasteiger partial charge < -0.3 is 10.1 Å². The molecule has 21 heavy (non-hydrogen) atoms. The lowest BCUT2D eigenvalue weighted by Gasteiger charge is -2.38. The molecule has 3 rings (SSSR count). The molecule has 1 aliphatic heterocycles. The molecule has 2 aromatic carbocycles. The van der Waals surface area contributed by atoms with E-state index >= 15 is 0 Å². The van der Waals surface area contributed by atoms with E-state index in [1.807, 2.05) is 19.2 Å². The quantitative estimate of drug-likeness (QED) is 0.933. The molecule has 0 amide bonds. The molecule has 3 nitrogen and oxygen atoms in total. The summed E-state index contributed by atoms with van der Waals surface area (Å²) in [6.07, 6.45) is 0. The predicted octanol–water partition coefficient (Wildman–Crippen LogP) is 2.84. The van der Waals surface area contributed by atoms with E-state index in [1.165, 1.54) is 11.1 Å². The Hall–Kier alpha value is -1.84. The normalized spacial score (nSPS) is 20.9. The summed E-state index contributed by atoms with van der Waals surface area (Å²) in [6.45, 7) is 1.64. The molecule has 0 aliphatic carbocycles. The molecule has 0 fully saturated rings. The smallest absolute Gasteiger partial charge is 0.124 e. The third-order valence-electron chi connectivity index (χ3n) is 4.20. The van der Waals surface area contributed by atoms with Gasteiger partial charge in [0.15, 0.2) is 0 Å². The van der Waals surface area contributed by atoms with Crippen molar-refractivity contribution in [2.45, 2.75) is 18.6 Å². The first-order valence-electron chi connectivity index (χ1n) is 7.42. The van der Waals surface area contributed by atoms with Crippen LogP contribution in [0.15, 0.2) is 54.6 Å². The monoisotopic (exact) mass is 282 g/mol. The second-order valence-corrected chi connectivity index (χ2v) is 5.58. The number of benzene rings is 2. The van der Waals surface area contributed by atoms with E-state index in [4.69, 9.17) is 4.74 Å². The fourth-order valence-electron chi connectivity index (χ4n) is 3.07. The zero-order valence-electron chi connectivity index (χ0n) is 12.6. The van der Waals surface area contributed by atoms with E-state index in [0.29, 0.717) is 18.7 Å². The molecule has 2 aromatic rings. The van der Waals surface area contributed by atoms with E-state index in [9.17, 15) is 0 Å². The molecule has 0 bridgehead atoms. The first-order chi connectivity index (χ1) is 10.3. The zero-order valence-corrected chi connectivity index (χ0v) is 12.6. The van der Waals surface area contributed by atoms with Crippen LogP contribution in [0.25, 0.3) is 0 Å². The second-order valence-electron chi connectivity index (χ2n) is 5.58. The average Bonchev–Trinajstić information content (AvgIpc) is 2.54. The van der Waals surface area contributed by atoms with Gasteiger partial charge in [0.25, 0.3) is 0 Å². The predicted molar refractivity (Wildman–Crippen MR) is 85.4 cm³/mol.